The molecule has 1 heterocycles. The summed E-state index contributed by atoms with van der Waals surface area (Å²) in [6.45, 7) is 4.00. The van der Waals surface area contributed by atoms with Gasteiger partial charge < -0.3 is 4.74 Å². The highest BCUT2D eigenvalue weighted by atomic mass is 35.5. The van der Waals surface area contributed by atoms with Gasteiger partial charge in [0, 0.05) is 5.56 Å². The number of ether oxygens (including phenoxy) is 1. The van der Waals surface area contributed by atoms with E-state index in [1.165, 1.54) is 0 Å². The monoisotopic (exact) mass is 318 g/mol. The molecular formula is C17H15ClO4. The van der Waals surface area contributed by atoms with E-state index in [0.717, 1.165) is 0 Å². The molecule has 0 saturated heterocycles. The first-order valence-corrected chi connectivity index (χ1v) is 7.08. The van der Waals surface area contributed by atoms with Crippen LogP contribution in [0.25, 0.3) is 0 Å². The second-order valence-corrected chi connectivity index (χ2v) is 4.21. The molecule has 0 N–H and O–H groups in total. The summed E-state index contributed by atoms with van der Waals surface area (Å²) in [6, 6.07) is 15.3. The molecule has 0 radical (unpaired) electrons. The van der Waals surface area contributed by atoms with Crippen molar-refractivity contribution in [1.29, 1.82) is 0 Å². The molecule has 0 bridgehead atoms. The molecule has 3 rings (SSSR count). The van der Waals surface area contributed by atoms with Crippen molar-refractivity contribution in [2.45, 2.75) is 13.8 Å². The van der Waals surface area contributed by atoms with Crippen LogP contribution in [-0.2, 0) is 4.74 Å². The van der Waals surface area contributed by atoms with Crippen LogP contribution in [0.2, 0.25) is 0 Å². The summed E-state index contributed by atoms with van der Waals surface area (Å²) in [4.78, 5) is 32.1. The zero-order valence-electron chi connectivity index (χ0n) is 12.2. The zero-order valence-corrected chi connectivity index (χ0v) is 13.0. The van der Waals surface area contributed by atoms with Crippen LogP contribution in [-0.4, -0.2) is 17.2 Å². The standard InChI is InChI=1S/C8H4O3.C7H5ClO.C2H6/c9-7-5-3-1-2-4-6(5)8(10)11-7;8-7(9)6-4-2-1-3-5-6;1-2/h1-4H;1-5H;1-2H3. The Morgan fingerprint density at radius 2 is 1.23 bits per heavy atom. The number of rotatable bonds is 1. The molecule has 2 aromatic rings. The highest BCUT2D eigenvalue weighted by molar-refractivity contribution is 6.67. The van der Waals surface area contributed by atoms with Gasteiger partial charge in [-0.2, -0.15) is 0 Å². The first-order chi connectivity index (χ1) is 10.6. The van der Waals surface area contributed by atoms with Crippen molar-refractivity contribution in [3.8, 4) is 0 Å². The van der Waals surface area contributed by atoms with Gasteiger partial charge in [-0.1, -0.05) is 56.3 Å². The maximum atomic E-state index is 10.8. The first-order valence-electron chi connectivity index (χ1n) is 6.70. The van der Waals surface area contributed by atoms with E-state index < -0.39 is 17.2 Å². The number of carbonyl (C=O) groups excluding carboxylic acids is 3. The van der Waals surface area contributed by atoms with Crippen LogP contribution >= 0.6 is 11.6 Å². The molecule has 0 amide bonds. The van der Waals surface area contributed by atoms with Crippen LogP contribution in [0.1, 0.15) is 44.9 Å². The quantitative estimate of drug-likeness (QED) is 0.451. The van der Waals surface area contributed by atoms with Crippen molar-refractivity contribution < 1.29 is 19.1 Å². The number of hydrogen-bond acceptors (Lipinski definition) is 4. The Labute approximate surface area is 133 Å². The minimum absolute atomic E-state index is 0.359. The van der Waals surface area contributed by atoms with Gasteiger partial charge in [-0.3, -0.25) is 4.79 Å². The molecule has 0 aliphatic carbocycles. The lowest BCUT2D eigenvalue weighted by atomic mass is 10.1. The molecule has 1 aliphatic rings. The van der Waals surface area contributed by atoms with Gasteiger partial charge in [0.2, 0.25) is 0 Å². The molecule has 0 unspecified atom stereocenters. The van der Waals surface area contributed by atoms with E-state index in [9.17, 15) is 14.4 Å². The van der Waals surface area contributed by atoms with Gasteiger partial charge in [-0.15, -0.1) is 0 Å². The maximum absolute atomic E-state index is 10.8. The predicted octanol–water partition coefficient (Wildman–Crippen LogP) is 4.09. The van der Waals surface area contributed by atoms with E-state index in [4.69, 9.17) is 11.6 Å². The zero-order chi connectivity index (χ0) is 16.5. The molecule has 0 aromatic heterocycles. The Hall–Kier alpha value is -2.46. The highest BCUT2D eigenvalue weighted by Gasteiger charge is 2.28. The van der Waals surface area contributed by atoms with E-state index in [2.05, 4.69) is 4.74 Å². The Balaban J connectivity index is 0.000000202. The lowest BCUT2D eigenvalue weighted by molar-refractivity contribution is 0.0443. The topological polar surface area (TPSA) is 60.4 Å². The molecule has 4 nitrogen and oxygen atoms in total. The molecule has 0 saturated carbocycles. The minimum Gasteiger partial charge on any atom is -0.386 e. The smallest absolute Gasteiger partial charge is 0.346 e. The van der Waals surface area contributed by atoms with Crippen LogP contribution in [0.5, 0.6) is 0 Å². The molecule has 1 aliphatic heterocycles. The maximum Gasteiger partial charge on any atom is 0.346 e. The lowest BCUT2D eigenvalue weighted by Crippen LogP contribution is -1.96. The molecule has 0 spiro atoms. The van der Waals surface area contributed by atoms with Crippen molar-refractivity contribution in [1.82, 2.24) is 0 Å². The second kappa shape index (κ2) is 8.74. The van der Waals surface area contributed by atoms with E-state index >= 15 is 0 Å². The van der Waals surface area contributed by atoms with Gasteiger partial charge in [-0.05, 0) is 23.7 Å². The van der Waals surface area contributed by atoms with Gasteiger partial charge in [-0.25, -0.2) is 9.59 Å². The molecule has 0 atom stereocenters. The summed E-state index contributed by atoms with van der Waals surface area (Å²) in [7, 11) is 0. The third kappa shape index (κ3) is 4.53. The van der Waals surface area contributed by atoms with Gasteiger partial charge in [0.15, 0.2) is 0 Å². The molecule has 0 fully saturated rings. The summed E-state index contributed by atoms with van der Waals surface area (Å²) in [6.07, 6.45) is 0. The Morgan fingerprint density at radius 3 is 1.59 bits per heavy atom. The van der Waals surface area contributed by atoms with E-state index in [0.29, 0.717) is 16.7 Å². The summed E-state index contributed by atoms with van der Waals surface area (Å²) >= 11 is 5.16. The van der Waals surface area contributed by atoms with Gasteiger partial charge in [0.25, 0.3) is 5.24 Å². The van der Waals surface area contributed by atoms with Crippen LogP contribution in [0.4, 0.5) is 0 Å². The lowest BCUT2D eigenvalue weighted by Gasteiger charge is -1.87. The van der Waals surface area contributed by atoms with Gasteiger partial charge in [0.05, 0.1) is 11.1 Å². The largest absolute Gasteiger partial charge is 0.386 e. The fourth-order valence-electron chi connectivity index (χ4n) is 1.60. The van der Waals surface area contributed by atoms with Gasteiger partial charge in [0.1, 0.15) is 0 Å². The highest BCUT2D eigenvalue weighted by Crippen LogP contribution is 2.18. The Kier molecular flexibility index (Phi) is 6.99. The molecule has 5 heteroatoms. The van der Waals surface area contributed by atoms with Crippen LogP contribution < -0.4 is 0 Å². The van der Waals surface area contributed by atoms with Crippen molar-refractivity contribution in [3.63, 3.8) is 0 Å². The molecule has 22 heavy (non-hydrogen) atoms. The van der Waals surface area contributed by atoms with E-state index in [1.807, 2.05) is 19.9 Å². The third-order valence-electron chi connectivity index (χ3n) is 2.55. The van der Waals surface area contributed by atoms with E-state index in [-0.39, 0.29) is 0 Å². The van der Waals surface area contributed by atoms with Crippen molar-refractivity contribution in [2.24, 2.45) is 0 Å². The summed E-state index contributed by atoms with van der Waals surface area (Å²) < 4.78 is 4.35. The van der Waals surface area contributed by atoms with Crippen molar-refractivity contribution in [3.05, 3.63) is 71.3 Å². The predicted molar refractivity (Wildman–Crippen MR) is 84.2 cm³/mol. The number of halogens is 1. The third-order valence-corrected chi connectivity index (χ3v) is 2.77. The number of fused-ring (bicyclic) bond motifs is 1. The fourth-order valence-corrected chi connectivity index (χ4v) is 1.73. The first kappa shape index (κ1) is 17.6. The molecular weight excluding hydrogens is 304 g/mol. The second-order valence-electron chi connectivity index (χ2n) is 3.86. The fraction of sp³-hybridized carbons (Fsp3) is 0.118. The average molecular weight is 319 g/mol. The number of cyclic esters (lactones) is 2. The summed E-state index contributed by atoms with van der Waals surface area (Å²) in [5, 5.41) is -0.407. The number of esters is 2. The Morgan fingerprint density at radius 1 is 0.818 bits per heavy atom. The van der Waals surface area contributed by atoms with E-state index in [1.54, 1.807) is 48.5 Å². The van der Waals surface area contributed by atoms with Crippen LogP contribution in [0.15, 0.2) is 54.6 Å². The average Bonchev–Trinajstić information content (AvgIpc) is 2.86. The SMILES string of the molecule is CC.O=C(Cl)c1ccccc1.O=C1OC(=O)c2ccccc21. The number of hydrogen-bond donors (Lipinski definition) is 0. The molecule has 2 aromatic carbocycles. The van der Waals surface area contributed by atoms with Crippen molar-refractivity contribution >= 4 is 28.8 Å². The Bertz CT molecular complexity index is 632. The normalized spacial score (nSPS) is 11.2. The number of benzene rings is 2. The van der Waals surface area contributed by atoms with Crippen LogP contribution in [0, 0.1) is 0 Å². The van der Waals surface area contributed by atoms with Crippen LogP contribution in [0.3, 0.4) is 0 Å². The minimum atomic E-state index is -0.550. The van der Waals surface area contributed by atoms with Crippen molar-refractivity contribution in [2.75, 3.05) is 0 Å². The number of carbonyl (C=O) groups is 3. The summed E-state index contributed by atoms with van der Waals surface area (Å²) in [5.74, 6) is -1.10. The molecule has 114 valence electrons. The van der Waals surface area contributed by atoms with Gasteiger partial charge >= 0.3 is 11.9 Å². The summed E-state index contributed by atoms with van der Waals surface area (Å²) in [5.41, 5.74) is 1.26.